The van der Waals surface area contributed by atoms with Crippen LogP contribution in [0.3, 0.4) is 0 Å². The Labute approximate surface area is 170 Å². The van der Waals surface area contributed by atoms with E-state index in [2.05, 4.69) is 0 Å². The second-order valence-electron chi connectivity index (χ2n) is 6.28. The molecule has 1 heterocycles. The first-order chi connectivity index (χ1) is 14.0. The summed E-state index contributed by atoms with van der Waals surface area (Å²) in [5.41, 5.74) is 2.65. The van der Waals surface area contributed by atoms with E-state index in [-0.39, 0.29) is 21.2 Å². The molecule has 0 bridgehead atoms. The van der Waals surface area contributed by atoms with E-state index in [0.29, 0.717) is 0 Å². The molecule has 0 radical (unpaired) electrons. The van der Waals surface area contributed by atoms with E-state index in [0.717, 1.165) is 41.0 Å². The van der Waals surface area contributed by atoms with Gasteiger partial charge in [-0.15, -0.1) is 0 Å². The first-order valence-electron chi connectivity index (χ1n) is 8.42. The Hall–Kier alpha value is -3.27. The van der Waals surface area contributed by atoms with Crippen molar-refractivity contribution in [2.75, 3.05) is 0 Å². The third kappa shape index (κ3) is 4.04. The fourth-order valence-electron chi connectivity index (χ4n) is 2.86. The molecule has 1 amide bonds. The number of aromatic nitrogens is 1. The zero-order valence-corrected chi connectivity index (χ0v) is 16.2. The zero-order valence-electron chi connectivity index (χ0n) is 15.4. The normalized spacial score (nSPS) is 12.6. The molecule has 2 N–H and O–H groups in total. The van der Waals surface area contributed by atoms with Gasteiger partial charge in [-0.05, 0) is 55.5 Å². The number of hydrogen-bond acceptors (Lipinski definition) is 3. The molecule has 0 saturated heterocycles. The second kappa shape index (κ2) is 7.86. The number of rotatable bonds is 4. The van der Waals surface area contributed by atoms with Crippen molar-refractivity contribution in [3.63, 3.8) is 0 Å². The molecule has 0 fully saturated rings. The third-order valence-electron chi connectivity index (χ3n) is 4.33. The molecule has 0 aliphatic heterocycles. The number of alkyl halides is 3. The number of primary amides is 1. The molecule has 5 nitrogen and oxygen atoms in total. The van der Waals surface area contributed by atoms with E-state index in [4.69, 9.17) is 5.73 Å². The summed E-state index contributed by atoms with van der Waals surface area (Å²) in [6.45, 7) is 1.38. The van der Waals surface area contributed by atoms with Crippen LogP contribution in [0.2, 0.25) is 0 Å². The summed E-state index contributed by atoms with van der Waals surface area (Å²) in [5.74, 6) is -1.68. The molecule has 156 valence electrons. The number of benzene rings is 2. The molecule has 1 atom stereocenters. The minimum atomic E-state index is -4.66. The zero-order chi connectivity index (χ0) is 22.2. The molecule has 0 spiro atoms. The molecule has 30 heavy (non-hydrogen) atoms. The van der Waals surface area contributed by atoms with Crippen molar-refractivity contribution >= 4 is 16.7 Å². The maximum absolute atomic E-state index is 13.2. The quantitative estimate of drug-likeness (QED) is 0.633. The Bertz CT molecular complexity index is 1220. The number of carbonyl (C=O) groups excluding carboxylic acids is 1. The van der Waals surface area contributed by atoms with Crippen LogP contribution in [-0.2, 0) is 17.0 Å². The van der Waals surface area contributed by atoms with Crippen molar-refractivity contribution in [2.45, 2.75) is 22.9 Å². The van der Waals surface area contributed by atoms with Crippen molar-refractivity contribution in [3.8, 4) is 5.69 Å². The van der Waals surface area contributed by atoms with Gasteiger partial charge in [0, 0.05) is 16.3 Å². The summed E-state index contributed by atoms with van der Waals surface area (Å²) in [7, 11) is -1.96. The van der Waals surface area contributed by atoms with Crippen LogP contribution in [-0.4, -0.2) is 14.7 Å². The van der Waals surface area contributed by atoms with Crippen LogP contribution < -0.4 is 11.3 Å². The number of halogens is 4. The lowest BCUT2D eigenvalue weighted by Gasteiger charge is -2.17. The minimum Gasteiger partial charge on any atom is -0.365 e. The number of amides is 1. The molecule has 0 saturated carbocycles. The summed E-state index contributed by atoms with van der Waals surface area (Å²) in [6.07, 6.45) is -4.66. The average molecular weight is 438 g/mol. The minimum absolute atomic E-state index is 0.0209. The Morgan fingerprint density at radius 2 is 1.70 bits per heavy atom. The molecule has 1 unspecified atom stereocenters. The predicted octanol–water partition coefficient (Wildman–Crippen LogP) is 3.57. The molecule has 1 aromatic heterocycles. The van der Waals surface area contributed by atoms with Gasteiger partial charge in [-0.3, -0.25) is 14.2 Å². The molecular formula is C20H14F4N2O3S. The summed E-state index contributed by atoms with van der Waals surface area (Å²) < 4.78 is 66.4. The lowest BCUT2D eigenvalue weighted by molar-refractivity contribution is -0.137. The van der Waals surface area contributed by atoms with Crippen LogP contribution in [0.1, 0.15) is 21.6 Å². The van der Waals surface area contributed by atoms with Crippen LogP contribution in [0.15, 0.2) is 69.2 Å². The van der Waals surface area contributed by atoms with Gasteiger partial charge in [0.05, 0.1) is 21.3 Å². The molecular weight excluding hydrogens is 424 g/mol. The predicted molar refractivity (Wildman–Crippen MR) is 101 cm³/mol. The number of nitrogens with zero attached hydrogens (tertiary/aromatic N) is 1. The van der Waals surface area contributed by atoms with Crippen molar-refractivity contribution in [3.05, 3.63) is 87.6 Å². The lowest BCUT2D eigenvalue weighted by atomic mass is 10.1. The van der Waals surface area contributed by atoms with Gasteiger partial charge in [0.15, 0.2) is 0 Å². The number of pyridine rings is 1. The summed E-state index contributed by atoms with van der Waals surface area (Å²) in [5, 5.41) is 0. The van der Waals surface area contributed by atoms with Gasteiger partial charge in [0.2, 0.25) is 0 Å². The highest BCUT2D eigenvalue weighted by Crippen LogP contribution is 2.31. The van der Waals surface area contributed by atoms with Gasteiger partial charge < -0.3 is 5.73 Å². The monoisotopic (exact) mass is 438 g/mol. The van der Waals surface area contributed by atoms with Crippen LogP contribution in [0.4, 0.5) is 17.6 Å². The van der Waals surface area contributed by atoms with Gasteiger partial charge in [0.25, 0.3) is 11.5 Å². The van der Waals surface area contributed by atoms with E-state index < -0.39 is 45.4 Å². The number of carbonyl (C=O) groups is 1. The molecule has 10 heteroatoms. The largest absolute Gasteiger partial charge is 0.416 e. The topological polar surface area (TPSA) is 82.2 Å². The van der Waals surface area contributed by atoms with Gasteiger partial charge >= 0.3 is 6.18 Å². The summed E-state index contributed by atoms with van der Waals surface area (Å²) >= 11 is 0. The highest BCUT2D eigenvalue weighted by Gasteiger charge is 2.31. The van der Waals surface area contributed by atoms with Crippen LogP contribution in [0.25, 0.3) is 5.69 Å². The first-order valence-corrected chi connectivity index (χ1v) is 9.57. The van der Waals surface area contributed by atoms with Crippen LogP contribution in [0, 0.1) is 12.7 Å². The van der Waals surface area contributed by atoms with E-state index in [1.807, 2.05) is 0 Å². The molecule has 0 aliphatic rings. The van der Waals surface area contributed by atoms with Crippen molar-refractivity contribution in [1.82, 2.24) is 4.57 Å². The highest BCUT2D eigenvalue weighted by molar-refractivity contribution is 7.85. The first kappa shape index (κ1) is 21.4. The maximum Gasteiger partial charge on any atom is 0.416 e. The van der Waals surface area contributed by atoms with Gasteiger partial charge in [-0.25, -0.2) is 8.60 Å². The number of hydrogen-bond donors (Lipinski definition) is 1. The third-order valence-corrected chi connectivity index (χ3v) is 5.84. The maximum atomic E-state index is 13.2. The SMILES string of the molecule is Cc1c(S(=O)c2ccc(F)cc2)cc(C(N)=O)c(=O)n1-c1cccc(C(F)(F)F)c1. The highest BCUT2D eigenvalue weighted by atomic mass is 32.2. The van der Waals surface area contributed by atoms with Crippen LogP contribution >= 0.6 is 0 Å². The van der Waals surface area contributed by atoms with Crippen molar-refractivity contribution in [2.24, 2.45) is 5.73 Å². The smallest absolute Gasteiger partial charge is 0.365 e. The Kier molecular flexibility index (Phi) is 5.62. The van der Waals surface area contributed by atoms with Gasteiger partial charge in [-0.2, -0.15) is 13.2 Å². The van der Waals surface area contributed by atoms with E-state index in [9.17, 15) is 31.4 Å². The second-order valence-corrected chi connectivity index (χ2v) is 7.73. The van der Waals surface area contributed by atoms with Crippen LogP contribution in [0.5, 0.6) is 0 Å². The Balaban J connectivity index is 2.29. The molecule has 3 rings (SSSR count). The fraction of sp³-hybridized carbons (Fsp3) is 0.100. The molecule has 3 aromatic rings. The summed E-state index contributed by atoms with van der Waals surface area (Å²) in [4.78, 5) is 24.7. The lowest BCUT2D eigenvalue weighted by Crippen LogP contribution is -2.31. The standard InChI is InChI=1S/C20H14F4N2O3S/c1-11-17(30(29)15-7-5-13(21)6-8-15)10-16(18(25)27)19(28)26(11)14-4-2-3-12(9-14)20(22,23)24/h2-10H,1H3,(H2,25,27). The van der Waals surface area contributed by atoms with Gasteiger partial charge in [-0.1, -0.05) is 6.07 Å². The Morgan fingerprint density at radius 1 is 1.07 bits per heavy atom. The van der Waals surface area contributed by atoms with E-state index in [1.54, 1.807) is 0 Å². The Morgan fingerprint density at radius 3 is 2.27 bits per heavy atom. The molecule has 0 aliphatic carbocycles. The van der Waals surface area contributed by atoms with Crippen molar-refractivity contribution in [1.29, 1.82) is 0 Å². The summed E-state index contributed by atoms with van der Waals surface area (Å²) in [6, 6.07) is 9.66. The van der Waals surface area contributed by atoms with E-state index in [1.165, 1.54) is 25.1 Å². The van der Waals surface area contributed by atoms with Gasteiger partial charge in [0.1, 0.15) is 11.4 Å². The fourth-order valence-corrected chi connectivity index (χ4v) is 4.08. The number of nitrogens with two attached hydrogens (primary N) is 1. The van der Waals surface area contributed by atoms with E-state index >= 15 is 0 Å². The van der Waals surface area contributed by atoms with Crippen molar-refractivity contribution < 1.29 is 26.6 Å². The molecule has 2 aromatic carbocycles. The average Bonchev–Trinajstić information content (AvgIpc) is 2.67.